The number of H-pyrrole nitrogens is 1. The minimum Gasteiger partial charge on any atom is -0.444 e. The number of nitrogens with one attached hydrogen (secondary N) is 1. The molecule has 23 heavy (non-hydrogen) atoms. The molecule has 0 saturated carbocycles. The van der Waals surface area contributed by atoms with Crippen LogP contribution in [0, 0.1) is 0 Å². The van der Waals surface area contributed by atoms with Gasteiger partial charge in [0, 0.05) is 17.6 Å². The molecule has 0 atom stereocenters. The highest BCUT2D eigenvalue weighted by Gasteiger charge is 2.36. The van der Waals surface area contributed by atoms with Crippen LogP contribution in [0.5, 0.6) is 0 Å². The van der Waals surface area contributed by atoms with E-state index >= 15 is 0 Å². The van der Waals surface area contributed by atoms with Gasteiger partial charge in [0.2, 0.25) is 0 Å². The van der Waals surface area contributed by atoms with Crippen LogP contribution in [0.15, 0.2) is 27.5 Å². The van der Waals surface area contributed by atoms with Gasteiger partial charge in [-0.25, -0.2) is 9.78 Å². The molecule has 2 heterocycles. The van der Waals surface area contributed by atoms with Crippen molar-refractivity contribution < 1.29 is 9.53 Å². The molecular formula is C16H18BrN3O3. The molecule has 2 aromatic rings. The van der Waals surface area contributed by atoms with E-state index in [2.05, 4.69) is 25.9 Å². The SMILES string of the molecule is CC(C)(C)OC(=O)N1CC(c2nc3ccc(Br)cc3c(=O)[nH]2)C1. The van der Waals surface area contributed by atoms with E-state index < -0.39 is 5.60 Å². The van der Waals surface area contributed by atoms with Crippen molar-refractivity contribution in [2.75, 3.05) is 13.1 Å². The van der Waals surface area contributed by atoms with Crippen molar-refractivity contribution in [2.24, 2.45) is 0 Å². The lowest BCUT2D eigenvalue weighted by Gasteiger charge is -2.39. The van der Waals surface area contributed by atoms with Crippen molar-refractivity contribution in [3.05, 3.63) is 38.9 Å². The van der Waals surface area contributed by atoms with Crippen molar-refractivity contribution in [3.63, 3.8) is 0 Å². The highest BCUT2D eigenvalue weighted by molar-refractivity contribution is 9.10. The van der Waals surface area contributed by atoms with Gasteiger partial charge in [-0.2, -0.15) is 0 Å². The van der Waals surface area contributed by atoms with Gasteiger partial charge in [-0.3, -0.25) is 4.79 Å². The predicted molar refractivity (Wildman–Crippen MR) is 90.6 cm³/mol. The van der Waals surface area contributed by atoms with Crippen LogP contribution >= 0.6 is 15.9 Å². The van der Waals surface area contributed by atoms with Crippen molar-refractivity contribution in [2.45, 2.75) is 32.3 Å². The summed E-state index contributed by atoms with van der Waals surface area (Å²) >= 11 is 3.35. The number of likely N-dealkylation sites (tertiary alicyclic amines) is 1. The zero-order valence-corrected chi connectivity index (χ0v) is 14.8. The number of aromatic amines is 1. The summed E-state index contributed by atoms with van der Waals surface area (Å²) in [5.74, 6) is 0.646. The number of carbonyl (C=O) groups excluding carboxylic acids is 1. The van der Waals surface area contributed by atoms with E-state index in [0.717, 1.165) is 4.47 Å². The molecule has 1 fully saturated rings. The van der Waals surface area contributed by atoms with E-state index in [4.69, 9.17) is 4.74 Å². The number of aromatic nitrogens is 2. The first kappa shape index (κ1) is 16.0. The van der Waals surface area contributed by atoms with Crippen LogP contribution in [0.4, 0.5) is 4.79 Å². The third kappa shape index (κ3) is 3.39. The molecule has 0 bridgehead atoms. The van der Waals surface area contributed by atoms with Crippen LogP contribution in [-0.2, 0) is 4.74 Å². The van der Waals surface area contributed by atoms with Crippen LogP contribution in [0.3, 0.4) is 0 Å². The van der Waals surface area contributed by atoms with Crippen LogP contribution in [0.25, 0.3) is 10.9 Å². The second kappa shape index (κ2) is 5.63. The molecule has 0 radical (unpaired) electrons. The van der Waals surface area contributed by atoms with Crippen molar-refractivity contribution >= 4 is 32.9 Å². The average molecular weight is 380 g/mol. The number of ether oxygens (including phenoxy) is 1. The minimum absolute atomic E-state index is 0.0308. The topological polar surface area (TPSA) is 75.3 Å². The Morgan fingerprint density at radius 3 is 2.74 bits per heavy atom. The Morgan fingerprint density at radius 2 is 2.09 bits per heavy atom. The van der Waals surface area contributed by atoms with E-state index in [9.17, 15) is 9.59 Å². The summed E-state index contributed by atoms with van der Waals surface area (Å²) in [6.45, 7) is 6.51. The number of nitrogens with zero attached hydrogens (tertiary/aromatic N) is 2. The second-order valence-electron chi connectivity index (χ2n) is 6.69. The third-order valence-corrected chi connectivity index (χ3v) is 4.10. The van der Waals surface area contributed by atoms with Crippen LogP contribution in [0.2, 0.25) is 0 Å². The molecule has 0 unspecified atom stereocenters. The second-order valence-corrected chi connectivity index (χ2v) is 7.61. The maximum atomic E-state index is 12.2. The van der Waals surface area contributed by atoms with Gasteiger partial charge in [-0.15, -0.1) is 0 Å². The highest BCUT2D eigenvalue weighted by atomic mass is 79.9. The summed E-state index contributed by atoms with van der Waals surface area (Å²) < 4.78 is 6.16. The number of hydrogen-bond acceptors (Lipinski definition) is 4. The quantitative estimate of drug-likeness (QED) is 0.825. The summed E-state index contributed by atoms with van der Waals surface area (Å²) in [7, 11) is 0. The molecule has 0 spiro atoms. The Kier molecular flexibility index (Phi) is 3.91. The van der Waals surface area contributed by atoms with Crippen molar-refractivity contribution in [3.8, 4) is 0 Å². The molecule has 1 amide bonds. The van der Waals surface area contributed by atoms with Gasteiger partial charge in [0.1, 0.15) is 11.4 Å². The van der Waals surface area contributed by atoms with Gasteiger partial charge in [-0.1, -0.05) is 15.9 Å². The van der Waals surface area contributed by atoms with Gasteiger partial charge in [0.25, 0.3) is 5.56 Å². The first-order chi connectivity index (χ1) is 10.7. The van der Waals surface area contributed by atoms with Crippen LogP contribution < -0.4 is 5.56 Å². The molecule has 0 aliphatic carbocycles. The van der Waals surface area contributed by atoms with Gasteiger partial charge >= 0.3 is 6.09 Å². The molecule has 1 aromatic heterocycles. The Bertz CT molecular complexity index is 819. The van der Waals surface area contributed by atoms with E-state index in [1.807, 2.05) is 32.9 Å². The summed E-state index contributed by atoms with van der Waals surface area (Å²) in [5.41, 5.74) is -0.0184. The summed E-state index contributed by atoms with van der Waals surface area (Å²) in [6.07, 6.45) is -0.333. The minimum atomic E-state index is -0.509. The number of amides is 1. The van der Waals surface area contributed by atoms with Crippen molar-refractivity contribution in [1.29, 1.82) is 0 Å². The standard InChI is InChI=1S/C16H18BrN3O3/c1-16(2,3)23-15(22)20-7-9(8-20)13-18-12-5-4-10(17)6-11(12)14(21)19-13/h4-6,9H,7-8H2,1-3H3,(H,18,19,21). The Labute approximate surface area is 142 Å². The van der Waals surface area contributed by atoms with Gasteiger partial charge < -0.3 is 14.6 Å². The normalized spacial score (nSPS) is 15.6. The van der Waals surface area contributed by atoms with E-state index in [0.29, 0.717) is 29.8 Å². The largest absolute Gasteiger partial charge is 0.444 e. The van der Waals surface area contributed by atoms with Crippen molar-refractivity contribution in [1.82, 2.24) is 14.9 Å². The first-order valence-corrected chi connectivity index (χ1v) is 8.19. The smallest absolute Gasteiger partial charge is 0.410 e. The number of hydrogen-bond donors (Lipinski definition) is 1. The lowest BCUT2D eigenvalue weighted by Crippen LogP contribution is -2.51. The zero-order valence-electron chi connectivity index (χ0n) is 13.2. The molecule has 6 nitrogen and oxygen atoms in total. The molecule has 1 N–H and O–H groups in total. The highest BCUT2D eigenvalue weighted by Crippen LogP contribution is 2.26. The molecule has 122 valence electrons. The average Bonchev–Trinajstić information content (AvgIpc) is 2.36. The van der Waals surface area contributed by atoms with Gasteiger partial charge in [0.15, 0.2) is 0 Å². The fourth-order valence-electron chi connectivity index (χ4n) is 2.45. The fraction of sp³-hybridized carbons (Fsp3) is 0.438. The summed E-state index contributed by atoms with van der Waals surface area (Å²) in [5, 5.41) is 0.548. The van der Waals surface area contributed by atoms with E-state index in [1.165, 1.54) is 0 Å². The third-order valence-electron chi connectivity index (χ3n) is 3.61. The molecule has 1 saturated heterocycles. The molecule has 7 heteroatoms. The Morgan fingerprint density at radius 1 is 1.39 bits per heavy atom. The molecule has 3 rings (SSSR count). The molecule has 1 aromatic carbocycles. The zero-order chi connectivity index (χ0) is 16.8. The van der Waals surface area contributed by atoms with Crippen LogP contribution in [-0.4, -0.2) is 39.7 Å². The van der Waals surface area contributed by atoms with Gasteiger partial charge in [-0.05, 0) is 39.0 Å². The number of benzene rings is 1. The first-order valence-electron chi connectivity index (χ1n) is 7.40. The lowest BCUT2D eigenvalue weighted by atomic mass is 9.99. The number of fused-ring (bicyclic) bond motifs is 1. The maximum absolute atomic E-state index is 12.2. The molecular weight excluding hydrogens is 362 g/mol. The number of carbonyl (C=O) groups is 1. The number of halogens is 1. The maximum Gasteiger partial charge on any atom is 0.410 e. The lowest BCUT2D eigenvalue weighted by molar-refractivity contribution is 0.00754. The summed E-state index contributed by atoms with van der Waals surface area (Å²) in [4.78, 5) is 33.1. The number of rotatable bonds is 1. The predicted octanol–water partition coefficient (Wildman–Crippen LogP) is 3.02. The fourth-order valence-corrected chi connectivity index (χ4v) is 2.81. The monoisotopic (exact) mass is 379 g/mol. The van der Waals surface area contributed by atoms with E-state index in [-0.39, 0.29) is 17.6 Å². The Balaban J connectivity index is 1.75. The van der Waals surface area contributed by atoms with Gasteiger partial charge in [0.05, 0.1) is 16.8 Å². The van der Waals surface area contributed by atoms with Crippen LogP contribution in [0.1, 0.15) is 32.5 Å². The molecule has 1 aliphatic heterocycles. The Hall–Kier alpha value is -1.89. The molecule has 1 aliphatic rings. The summed E-state index contributed by atoms with van der Waals surface area (Å²) in [6, 6.07) is 5.41. The van der Waals surface area contributed by atoms with E-state index in [1.54, 1.807) is 11.0 Å².